The fraction of sp³-hybridized carbons (Fsp3) is 0.500. The molecule has 4 nitrogen and oxygen atoms in total. The van der Waals surface area contributed by atoms with Crippen molar-refractivity contribution in [2.45, 2.75) is 38.2 Å². The average molecular weight is 290 g/mol. The van der Waals surface area contributed by atoms with E-state index < -0.39 is 5.60 Å². The summed E-state index contributed by atoms with van der Waals surface area (Å²) in [6.07, 6.45) is 3.54. The van der Waals surface area contributed by atoms with Gasteiger partial charge >= 0.3 is 0 Å². The molecule has 21 heavy (non-hydrogen) atoms. The van der Waals surface area contributed by atoms with Crippen LogP contribution in [0.25, 0.3) is 0 Å². The van der Waals surface area contributed by atoms with Gasteiger partial charge < -0.3 is 9.74 Å². The fourth-order valence-corrected chi connectivity index (χ4v) is 2.93. The van der Waals surface area contributed by atoms with E-state index in [-0.39, 0.29) is 11.7 Å². The Morgan fingerprint density at radius 3 is 2.71 bits per heavy atom. The maximum Gasteiger partial charge on any atom is 0.269 e. The molecule has 0 radical (unpaired) electrons. The van der Waals surface area contributed by atoms with Crippen molar-refractivity contribution in [3.63, 3.8) is 0 Å². The van der Waals surface area contributed by atoms with Crippen LogP contribution in [0.4, 0.5) is 4.39 Å². The van der Waals surface area contributed by atoms with Gasteiger partial charge in [0.05, 0.1) is 5.71 Å². The lowest BCUT2D eigenvalue weighted by atomic mass is 9.93. The third kappa shape index (κ3) is 2.64. The lowest BCUT2D eigenvalue weighted by molar-refractivity contribution is -0.154. The van der Waals surface area contributed by atoms with Crippen molar-refractivity contribution in [3.05, 3.63) is 35.6 Å². The summed E-state index contributed by atoms with van der Waals surface area (Å²) in [6.45, 7) is 3.28. The van der Waals surface area contributed by atoms with Crippen LogP contribution in [0.2, 0.25) is 0 Å². The highest BCUT2D eigenvalue weighted by Crippen LogP contribution is 2.30. The van der Waals surface area contributed by atoms with Crippen molar-refractivity contribution in [3.8, 4) is 0 Å². The van der Waals surface area contributed by atoms with E-state index in [1.807, 2.05) is 4.90 Å². The number of rotatable bonds is 2. The minimum absolute atomic E-state index is 0.0442. The molecule has 2 aliphatic rings. The van der Waals surface area contributed by atoms with Gasteiger partial charge in [0, 0.05) is 25.1 Å². The van der Waals surface area contributed by atoms with Gasteiger partial charge in [-0.1, -0.05) is 23.4 Å². The third-order valence-corrected chi connectivity index (χ3v) is 4.14. The first-order chi connectivity index (χ1) is 10.1. The number of nitrogens with zero attached hydrogens (tertiary/aromatic N) is 2. The Hall–Kier alpha value is -1.91. The molecule has 1 atom stereocenters. The second-order valence-corrected chi connectivity index (χ2v) is 5.87. The first kappa shape index (κ1) is 14.0. The first-order valence-corrected chi connectivity index (χ1v) is 7.39. The van der Waals surface area contributed by atoms with Gasteiger partial charge in [0.15, 0.2) is 0 Å². The zero-order valence-electron chi connectivity index (χ0n) is 12.1. The zero-order valence-corrected chi connectivity index (χ0v) is 12.1. The quantitative estimate of drug-likeness (QED) is 0.840. The monoisotopic (exact) mass is 290 g/mol. The highest BCUT2D eigenvalue weighted by Gasteiger charge is 2.45. The molecular weight excluding hydrogens is 271 g/mol. The van der Waals surface area contributed by atoms with Crippen molar-refractivity contribution in [1.82, 2.24) is 4.90 Å². The summed E-state index contributed by atoms with van der Waals surface area (Å²) >= 11 is 0. The van der Waals surface area contributed by atoms with E-state index in [1.54, 1.807) is 25.1 Å². The number of oxime groups is 1. The maximum absolute atomic E-state index is 13.8. The predicted octanol–water partition coefficient (Wildman–Crippen LogP) is 2.72. The van der Waals surface area contributed by atoms with E-state index in [0.29, 0.717) is 17.7 Å². The largest absolute Gasteiger partial charge is 0.379 e. The van der Waals surface area contributed by atoms with Crippen molar-refractivity contribution < 1.29 is 14.0 Å². The fourth-order valence-electron chi connectivity index (χ4n) is 2.93. The summed E-state index contributed by atoms with van der Waals surface area (Å²) in [5.74, 6) is -0.383. The Bertz CT molecular complexity index is 581. The lowest BCUT2D eigenvalue weighted by Gasteiger charge is -2.32. The molecule has 0 N–H and O–H groups in total. The summed E-state index contributed by atoms with van der Waals surface area (Å²) in [4.78, 5) is 19.9. The van der Waals surface area contributed by atoms with Crippen molar-refractivity contribution in [1.29, 1.82) is 0 Å². The van der Waals surface area contributed by atoms with E-state index in [4.69, 9.17) is 4.84 Å². The van der Waals surface area contributed by atoms with E-state index in [0.717, 1.165) is 25.9 Å². The van der Waals surface area contributed by atoms with Crippen molar-refractivity contribution >= 4 is 11.6 Å². The Labute approximate surface area is 123 Å². The zero-order chi connectivity index (χ0) is 14.9. The molecule has 3 rings (SSSR count). The number of hydrogen-bond acceptors (Lipinski definition) is 3. The van der Waals surface area contributed by atoms with Gasteiger partial charge in [-0.15, -0.1) is 0 Å². The Kier molecular flexibility index (Phi) is 3.66. The minimum atomic E-state index is -1.01. The van der Waals surface area contributed by atoms with E-state index in [1.165, 1.54) is 12.5 Å². The second-order valence-electron chi connectivity index (χ2n) is 5.87. The first-order valence-electron chi connectivity index (χ1n) is 7.39. The van der Waals surface area contributed by atoms with Gasteiger partial charge in [-0.05, 0) is 32.3 Å². The molecule has 2 heterocycles. The molecular formula is C16H19FN2O2. The van der Waals surface area contributed by atoms with Gasteiger partial charge in [0.25, 0.3) is 5.91 Å². The van der Waals surface area contributed by atoms with Crippen LogP contribution in [0.3, 0.4) is 0 Å². The highest BCUT2D eigenvalue weighted by atomic mass is 19.1. The van der Waals surface area contributed by atoms with Crippen LogP contribution in [0.1, 0.15) is 38.2 Å². The number of carbonyl (C=O) groups excluding carboxylic acids is 1. The molecule has 2 aliphatic heterocycles. The molecule has 1 fully saturated rings. The lowest BCUT2D eigenvalue weighted by Crippen LogP contribution is -2.49. The number of carbonyl (C=O) groups is 1. The van der Waals surface area contributed by atoms with Crippen molar-refractivity contribution in [2.75, 3.05) is 13.1 Å². The second kappa shape index (κ2) is 5.47. The molecule has 1 saturated heterocycles. The van der Waals surface area contributed by atoms with Gasteiger partial charge in [-0.25, -0.2) is 4.39 Å². The number of hydrogen-bond donors (Lipinski definition) is 0. The van der Waals surface area contributed by atoms with Crippen LogP contribution >= 0.6 is 0 Å². The SMILES string of the molecule is C[C@]1(C(=O)N2CCCCC2)CC(c2ccccc2F)=NO1. The van der Waals surface area contributed by atoms with Gasteiger partial charge in [-0.2, -0.15) is 0 Å². The topological polar surface area (TPSA) is 41.9 Å². The molecule has 0 unspecified atom stereocenters. The Balaban J connectivity index is 1.75. The predicted molar refractivity (Wildman–Crippen MR) is 77.5 cm³/mol. The number of piperidine rings is 1. The number of halogens is 1. The Morgan fingerprint density at radius 2 is 2.00 bits per heavy atom. The molecule has 1 aromatic carbocycles. The van der Waals surface area contributed by atoms with E-state index in [2.05, 4.69) is 5.16 Å². The maximum atomic E-state index is 13.8. The van der Waals surface area contributed by atoms with Crippen LogP contribution in [0.5, 0.6) is 0 Å². The molecule has 5 heteroatoms. The molecule has 0 spiro atoms. The van der Waals surface area contributed by atoms with Gasteiger partial charge in [-0.3, -0.25) is 4.79 Å². The van der Waals surface area contributed by atoms with Crippen LogP contribution in [0, 0.1) is 5.82 Å². The Morgan fingerprint density at radius 1 is 1.29 bits per heavy atom. The smallest absolute Gasteiger partial charge is 0.269 e. The summed E-state index contributed by atoms with van der Waals surface area (Å²) in [7, 11) is 0. The standard InChI is InChI=1S/C16H19FN2O2/c1-16(15(20)19-9-5-2-6-10-19)11-14(18-21-16)12-7-3-4-8-13(12)17/h3-4,7-8H,2,5-6,9-11H2,1H3/t16-/m1/s1. The molecule has 112 valence electrons. The minimum Gasteiger partial charge on any atom is -0.379 e. The van der Waals surface area contributed by atoms with E-state index >= 15 is 0 Å². The third-order valence-electron chi connectivity index (χ3n) is 4.14. The van der Waals surface area contributed by atoms with Crippen LogP contribution < -0.4 is 0 Å². The summed E-state index contributed by atoms with van der Waals surface area (Å²) in [6, 6.07) is 6.44. The summed E-state index contributed by atoms with van der Waals surface area (Å²) < 4.78 is 13.8. The number of likely N-dealkylation sites (tertiary alicyclic amines) is 1. The van der Waals surface area contributed by atoms with Gasteiger partial charge in [0.1, 0.15) is 5.82 Å². The number of benzene rings is 1. The molecule has 0 aliphatic carbocycles. The van der Waals surface area contributed by atoms with Crippen LogP contribution in [0.15, 0.2) is 29.4 Å². The number of amides is 1. The summed E-state index contributed by atoms with van der Waals surface area (Å²) in [5, 5.41) is 3.97. The van der Waals surface area contributed by atoms with Crippen LogP contribution in [-0.2, 0) is 9.63 Å². The normalized spacial score (nSPS) is 25.4. The van der Waals surface area contributed by atoms with E-state index in [9.17, 15) is 9.18 Å². The average Bonchev–Trinajstić information content (AvgIpc) is 2.91. The highest BCUT2D eigenvalue weighted by molar-refractivity contribution is 6.05. The molecule has 0 aromatic heterocycles. The van der Waals surface area contributed by atoms with Crippen molar-refractivity contribution in [2.24, 2.45) is 5.16 Å². The molecule has 0 saturated carbocycles. The molecule has 1 amide bonds. The molecule has 1 aromatic rings. The van der Waals surface area contributed by atoms with Crippen LogP contribution in [-0.4, -0.2) is 35.2 Å². The summed E-state index contributed by atoms with van der Waals surface area (Å²) in [5.41, 5.74) is -0.0942. The van der Waals surface area contributed by atoms with Gasteiger partial charge in [0.2, 0.25) is 5.60 Å². The molecule has 0 bridgehead atoms.